The SMILES string of the molecule is Cc1cc(C)n(CCN(CCN(CC(=O)O)CC(=O)O)CCN(CC(=O)O)CC(=O)O)n1. The molecule has 180 valence electrons. The normalized spacial score (nSPS) is 11.4. The molecule has 0 fully saturated rings. The number of carboxylic acid groups (broad SMARTS) is 4. The Morgan fingerprint density at radius 2 is 1.09 bits per heavy atom. The second-order valence-corrected chi connectivity index (χ2v) is 7.49. The summed E-state index contributed by atoms with van der Waals surface area (Å²) in [6, 6.07) is 1.92. The van der Waals surface area contributed by atoms with Crippen LogP contribution >= 0.6 is 0 Å². The molecule has 0 saturated heterocycles. The molecule has 0 aliphatic carbocycles. The van der Waals surface area contributed by atoms with Gasteiger partial charge in [0, 0.05) is 38.4 Å². The molecule has 1 aromatic heterocycles. The fourth-order valence-electron chi connectivity index (χ4n) is 3.23. The van der Waals surface area contributed by atoms with Crippen LogP contribution in [-0.2, 0) is 25.7 Å². The standard InChI is InChI=1S/C19H31N5O8/c1-14-9-15(2)24(20-14)8-7-21(3-5-22(10-16(25)26)11-17(27)28)4-6-23(12-18(29)30)13-19(31)32/h9H,3-8,10-13H2,1-2H3,(H,25,26)(H,27,28)(H,29,30)(H,31,32). The molecule has 0 aliphatic rings. The molecule has 0 bridgehead atoms. The van der Waals surface area contributed by atoms with Gasteiger partial charge in [-0.3, -0.25) is 38.6 Å². The number of aliphatic carboxylic acids is 4. The average Bonchev–Trinajstić information content (AvgIpc) is 2.95. The van der Waals surface area contributed by atoms with Gasteiger partial charge >= 0.3 is 23.9 Å². The van der Waals surface area contributed by atoms with Crippen molar-refractivity contribution in [2.24, 2.45) is 0 Å². The van der Waals surface area contributed by atoms with Gasteiger partial charge < -0.3 is 20.4 Å². The zero-order valence-electron chi connectivity index (χ0n) is 18.3. The van der Waals surface area contributed by atoms with Gasteiger partial charge in [0.1, 0.15) is 0 Å². The lowest BCUT2D eigenvalue weighted by Gasteiger charge is -2.28. The van der Waals surface area contributed by atoms with Gasteiger partial charge in [0.15, 0.2) is 0 Å². The van der Waals surface area contributed by atoms with Gasteiger partial charge in [-0.1, -0.05) is 0 Å². The summed E-state index contributed by atoms with van der Waals surface area (Å²) >= 11 is 0. The first-order valence-electron chi connectivity index (χ1n) is 10.0. The Hall–Kier alpha value is -3.03. The Labute approximate surface area is 185 Å². The van der Waals surface area contributed by atoms with Crippen LogP contribution in [0.3, 0.4) is 0 Å². The van der Waals surface area contributed by atoms with E-state index in [0.29, 0.717) is 26.2 Å². The van der Waals surface area contributed by atoms with Crippen LogP contribution in [0.4, 0.5) is 0 Å². The number of hydrogen-bond acceptors (Lipinski definition) is 8. The number of aromatic nitrogens is 2. The maximum absolute atomic E-state index is 11.0. The van der Waals surface area contributed by atoms with E-state index in [-0.39, 0.29) is 13.1 Å². The first-order valence-corrected chi connectivity index (χ1v) is 10.0. The van der Waals surface area contributed by atoms with E-state index in [1.807, 2.05) is 24.8 Å². The van der Waals surface area contributed by atoms with Crippen LogP contribution in [0.1, 0.15) is 11.4 Å². The quantitative estimate of drug-likeness (QED) is 0.219. The molecule has 0 aromatic carbocycles. The largest absolute Gasteiger partial charge is 0.480 e. The molecule has 32 heavy (non-hydrogen) atoms. The Kier molecular flexibility index (Phi) is 11.3. The average molecular weight is 457 g/mol. The van der Waals surface area contributed by atoms with Crippen molar-refractivity contribution >= 4 is 23.9 Å². The highest BCUT2D eigenvalue weighted by atomic mass is 16.4. The van der Waals surface area contributed by atoms with Crippen LogP contribution in [0.25, 0.3) is 0 Å². The fourth-order valence-corrected chi connectivity index (χ4v) is 3.23. The zero-order chi connectivity index (χ0) is 24.3. The molecule has 0 saturated carbocycles. The Bertz CT molecular complexity index is 725. The fraction of sp³-hybridized carbons (Fsp3) is 0.632. The van der Waals surface area contributed by atoms with E-state index in [2.05, 4.69) is 5.10 Å². The topological polar surface area (TPSA) is 177 Å². The van der Waals surface area contributed by atoms with Gasteiger partial charge in [0.2, 0.25) is 0 Å². The molecule has 13 nitrogen and oxygen atoms in total. The summed E-state index contributed by atoms with van der Waals surface area (Å²) < 4.78 is 1.81. The predicted molar refractivity (Wildman–Crippen MR) is 112 cm³/mol. The highest BCUT2D eigenvalue weighted by molar-refractivity contribution is 5.73. The summed E-state index contributed by atoms with van der Waals surface area (Å²) in [7, 11) is 0. The summed E-state index contributed by atoms with van der Waals surface area (Å²) in [6.07, 6.45) is 0. The highest BCUT2D eigenvalue weighted by Gasteiger charge is 2.18. The van der Waals surface area contributed by atoms with Crippen LogP contribution < -0.4 is 0 Å². The van der Waals surface area contributed by atoms with E-state index in [0.717, 1.165) is 11.4 Å². The lowest BCUT2D eigenvalue weighted by molar-refractivity contribution is -0.143. The number of carbonyl (C=O) groups is 4. The predicted octanol–water partition coefficient (Wildman–Crippen LogP) is -1.26. The van der Waals surface area contributed by atoms with Gasteiger partial charge in [0.05, 0.1) is 38.4 Å². The van der Waals surface area contributed by atoms with Crippen LogP contribution in [0.5, 0.6) is 0 Å². The van der Waals surface area contributed by atoms with E-state index in [1.165, 1.54) is 9.80 Å². The third kappa shape index (κ3) is 11.4. The van der Waals surface area contributed by atoms with Crippen molar-refractivity contribution in [3.63, 3.8) is 0 Å². The highest BCUT2D eigenvalue weighted by Crippen LogP contribution is 2.03. The third-order valence-corrected chi connectivity index (χ3v) is 4.63. The monoisotopic (exact) mass is 457 g/mol. The Morgan fingerprint density at radius 1 is 0.719 bits per heavy atom. The van der Waals surface area contributed by atoms with Crippen molar-refractivity contribution in [1.29, 1.82) is 0 Å². The third-order valence-electron chi connectivity index (χ3n) is 4.63. The minimum Gasteiger partial charge on any atom is -0.480 e. The zero-order valence-corrected chi connectivity index (χ0v) is 18.3. The second kappa shape index (κ2) is 13.4. The van der Waals surface area contributed by atoms with Gasteiger partial charge in [0.25, 0.3) is 0 Å². The molecule has 1 rings (SSSR count). The first kappa shape index (κ1) is 27.0. The minimum atomic E-state index is -1.14. The molecule has 13 heteroatoms. The summed E-state index contributed by atoms with van der Waals surface area (Å²) in [4.78, 5) is 48.6. The maximum Gasteiger partial charge on any atom is 0.317 e. The van der Waals surface area contributed by atoms with Gasteiger partial charge in [-0.15, -0.1) is 0 Å². The van der Waals surface area contributed by atoms with E-state index >= 15 is 0 Å². The smallest absolute Gasteiger partial charge is 0.317 e. The van der Waals surface area contributed by atoms with Crippen molar-refractivity contribution in [1.82, 2.24) is 24.5 Å². The Morgan fingerprint density at radius 3 is 1.41 bits per heavy atom. The van der Waals surface area contributed by atoms with Gasteiger partial charge in [-0.25, -0.2) is 0 Å². The van der Waals surface area contributed by atoms with E-state index < -0.39 is 50.1 Å². The molecule has 4 N–H and O–H groups in total. The minimum absolute atomic E-state index is 0.160. The Balaban J connectivity index is 2.83. The van der Waals surface area contributed by atoms with Crippen molar-refractivity contribution < 1.29 is 39.6 Å². The summed E-state index contributed by atoms with van der Waals surface area (Å²) in [5.74, 6) is -4.58. The van der Waals surface area contributed by atoms with Crippen LogP contribution in [0.2, 0.25) is 0 Å². The van der Waals surface area contributed by atoms with E-state index in [9.17, 15) is 19.2 Å². The summed E-state index contributed by atoms with van der Waals surface area (Å²) in [5, 5.41) is 40.4. The van der Waals surface area contributed by atoms with Crippen LogP contribution in [0.15, 0.2) is 6.07 Å². The number of carboxylic acids is 4. The van der Waals surface area contributed by atoms with Crippen LogP contribution in [-0.4, -0.2) is 128 Å². The molecular formula is C19H31N5O8. The summed E-state index contributed by atoms with van der Waals surface area (Å²) in [5.41, 5.74) is 1.82. The molecule has 0 unspecified atom stereocenters. The van der Waals surface area contributed by atoms with Crippen molar-refractivity contribution in [2.75, 3.05) is 58.9 Å². The van der Waals surface area contributed by atoms with E-state index in [4.69, 9.17) is 20.4 Å². The van der Waals surface area contributed by atoms with Crippen molar-refractivity contribution in [3.05, 3.63) is 17.5 Å². The first-order chi connectivity index (χ1) is 15.0. The number of rotatable bonds is 17. The van der Waals surface area contributed by atoms with Gasteiger partial charge in [-0.2, -0.15) is 5.10 Å². The number of hydrogen-bond donors (Lipinski definition) is 4. The molecular weight excluding hydrogens is 426 g/mol. The number of aryl methyl sites for hydroxylation is 2. The molecule has 0 atom stereocenters. The number of nitrogens with zero attached hydrogens (tertiary/aromatic N) is 5. The van der Waals surface area contributed by atoms with Crippen LogP contribution in [0, 0.1) is 13.8 Å². The lowest BCUT2D eigenvalue weighted by atomic mass is 10.3. The molecule has 0 spiro atoms. The lowest BCUT2D eigenvalue weighted by Crippen LogP contribution is -2.45. The molecule has 1 aromatic rings. The maximum atomic E-state index is 11.0. The summed E-state index contributed by atoms with van der Waals surface area (Å²) in [6.45, 7) is 4.00. The molecule has 0 amide bonds. The molecule has 0 radical (unpaired) electrons. The molecule has 0 aliphatic heterocycles. The van der Waals surface area contributed by atoms with E-state index in [1.54, 1.807) is 4.68 Å². The van der Waals surface area contributed by atoms with Crippen molar-refractivity contribution in [3.8, 4) is 0 Å². The second-order valence-electron chi connectivity index (χ2n) is 7.49. The van der Waals surface area contributed by atoms with Gasteiger partial charge in [-0.05, 0) is 19.9 Å². The van der Waals surface area contributed by atoms with Crippen molar-refractivity contribution in [2.45, 2.75) is 20.4 Å². The molecule has 1 heterocycles.